The number of allylic oxidation sites excluding steroid dienone is 1. The Labute approximate surface area is 219 Å². The van der Waals surface area contributed by atoms with Gasteiger partial charge < -0.3 is 24.8 Å². The maximum atomic E-state index is 13.3. The fourth-order valence-electron chi connectivity index (χ4n) is 4.32. The van der Waals surface area contributed by atoms with Crippen LogP contribution in [0.4, 0.5) is 11.5 Å². The van der Waals surface area contributed by atoms with Crippen molar-refractivity contribution in [3.8, 4) is 17.2 Å². The number of nitrogens with one attached hydrogen (secondary N) is 2. The van der Waals surface area contributed by atoms with Crippen molar-refractivity contribution < 1.29 is 19.0 Å². The van der Waals surface area contributed by atoms with Crippen molar-refractivity contribution in [1.82, 2.24) is 9.78 Å². The first kappa shape index (κ1) is 24.3. The van der Waals surface area contributed by atoms with E-state index in [4.69, 9.17) is 25.8 Å². The van der Waals surface area contributed by atoms with Gasteiger partial charge in [0.15, 0.2) is 11.5 Å². The SMILES string of the molecule is COc1cccc(C2=C[C@@H](c3cccc(OC)c3OC)n3ncc(C(=O)Nc4ccc(Cl)cc4)c3N2)c1. The van der Waals surface area contributed by atoms with Crippen molar-refractivity contribution in [2.45, 2.75) is 6.04 Å². The molecule has 3 aromatic carbocycles. The van der Waals surface area contributed by atoms with E-state index in [1.165, 1.54) is 0 Å². The van der Waals surface area contributed by atoms with Gasteiger partial charge in [-0.15, -0.1) is 0 Å². The monoisotopic (exact) mass is 516 g/mol. The van der Waals surface area contributed by atoms with Crippen LogP contribution in [0.25, 0.3) is 5.70 Å². The Morgan fingerprint density at radius 2 is 1.78 bits per heavy atom. The van der Waals surface area contributed by atoms with Crippen molar-refractivity contribution in [2.24, 2.45) is 0 Å². The Kier molecular flexibility index (Phi) is 6.74. The summed E-state index contributed by atoms with van der Waals surface area (Å²) in [7, 11) is 4.82. The Hall–Kier alpha value is -4.43. The van der Waals surface area contributed by atoms with Gasteiger partial charge in [0, 0.05) is 27.5 Å². The van der Waals surface area contributed by atoms with Crippen LogP contribution in [0.5, 0.6) is 17.2 Å². The minimum atomic E-state index is -0.389. The van der Waals surface area contributed by atoms with Crippen LogP contribution in [0.15, 0.2) is 79.0 Å². The zero-order valence-electron chi connectivity index (χ0n) is 20.5. The molecular formula is C28H25ClN4O4. The zero-order chi connectivity index (χ0) is 25.9. The van der Waals surface area contributed by atoms with Crippen molar-refractivity contribution in [3.05, 3.63) is 101 Å². The van der Waals surface area contributed by atoms with E-state index in [1.54, 1.807) is 56.5 Å². The zero-order valence-corrected chi connectivity index (χ0v) is 21.2. The predicted molar refractivity (Wildman–Crippen MR) is 144 cm³/mol. The quantitative estimate of drug-likeness (QED) is 0.319. The van der Waals surface area contributed by atoms with Gasteiger partial charge in [-0.1, -0.05) is 35.9 Å². The summed E-state index contributed by atoms with van der Waals surface area (Å²) < 4.78 is 18.5. The molecule has 1 aromatic heterocycles. The summed E-state index contributed by atoms with van der Waals surface area (Å²) in [5.74, 6) is 2.15. The number of ether oxygens (including phenoxy) is 3. The van der Waals surface area contributed by atoms with Crippen LogP contribution in [0.2, 0.25) is 5.02 Å². The number of para-hydroxylation sites is 1. The number of aromatic nitrogens is 2. The predicted octanol–water partition coefficient (Wildman–Crippen LogP) is 5.87. The third kappa shape index (κ3) is 4.71. The minimum absolute atomic E-state index is 0.306. The second-order valence-corrected chi connectivity index (χ2v) is 8.71. The third-order valence-corrected chi connectivity index (χ3v) is 6.37. The Bertz CT molecular complexity index is 1480. The first-order valence-electron chi connectivity index (χ1n) is 11.5. The van der Waals surface area contributed by atoms with Gasteiger partial charge in [-0.25, -0.2) is 4.68 Å². The van der Waals surface area contributed by atoms with E-state index < -0.39 is 0 Å². The third-order valence-electron chi connectivity index (χ3n) is 6.12. The molecule has 0 aliphatic carbocycles. The number of hydrogen-bond donors (Lipinski definition) is 2. The Balaban J connectivity index is 1.61. The molecular weight excluding hydrogens is 492 g/mol. The lowest BCUT2D eigenvalue weighted by Gasteiger charge is -2.27. The molecule has 0 radical (unpaired) electrons. The van der Waals surface area contributed by atoms with Gasteiger partial charge in [0.05, 0.1) is 27.5 Å². The van der Waals surface area contributed by atoms with Gasteiger partial charge in [-0.3, -0.25) is 4.79 Å². The number of nitrogens with zero attached hydrogens (tertiary/aromatic N) is 2. The highest BCUT2D eigenvalue weighted by atomic mass is 35.5. The standard InChI is InChI=1S/C28H25ClN4O4/c1-35-20-7-4-6-17(14-20)23-15-24(21-8-5-9-25(36-2)26(21)37-3)33-27(32-23)22(16-30-33)28(34)31-19-12-10-18(29)11-13-19/h4-16,24,32H,1-3H3,(H,31,34)/t24-/m0/s1. The largest absolute Gasteiger partial charge is 0.497 e. The van der Waals surface area contributed by atoms with Crippen molar-refractivity contribution in [2.75, 3.05) is 32.0 Å². The summed E-state index contributed by atoms with van der Waals surface area (Å²) in [5, 5.41) is 11.5. The molecule has 1 aliphatic heterocycles. The van der Waals surface area contributed by atoms with Gasteiger partial charge in [-0.05, 0) is 48.5 Å². The number of fused-ring (bicyclic) bond motifs is 1. The van der Waals surface area contributed by atoms with Crippen LogP contribution in [0, 0.1) is 0 Å². The molecule has 0 unspecified atom stereocenters. The van der Waals surface area contributed by atoms with E-state index in [0.717, 1.165) is 22.6 Å². The number of amides is 1. The smallest absolute Gasteiger partial charge is 0.261 e. The first-order valence-corrected chi connectivity index (χ1v) is 11.9. The lowest BCUT2D eigenvalue weighted by molar-refractivity contribution is 0.102. The average Bonchev–Trinajstić information content (AvgIpc) is 3.37. The number of methoxy groups -OCH3 is 3. The second-order valence-electron chi connectivity index (χ2n) is 8.28. The minimum Gasteiger partial charge on any atom is -0.497 e. The molecule has 5 rings (SSSR count). The van der Waals surface area contributed by atoms with Gasteiger partial charge in [-0.2, -0.15) is 5.10 Å². The number of halogens is 1. The lowest BCUT2D eigenvalue weighted by Crippen LogP contribution is -2.22. The van der Waals surface area contributed by atoms with E-state index in [9.17, 15) is 4.79 Å². The van der Waals surface area contributed by atoms with Crippen molar-refractivity contribution in [1.29, 1.82) is 0 Å². The van der Waals surface area contributed by atoms with Gasteiger partial charge >= 0.3 is 0 Å². The molecule has 0 spiro atoms. The summed E-state index contributed by atoms with van der Waals surface area (Å²) in [6, 6.07) is 19.9. The molecule has 1 aliphatic rings. The van der Waals surface area contributed by atoms with Crippen LogP contribution < -0.4 is 24.8 Å². The summed E-state index contributed by atoms with van der Waals surface area (Å²) in [4.78, 5) is 13.3. The number of carbonyl (C=O) groups is 1. The lowest BCUT2D eigenvalue weighted by atomic mass is 9.99. The van der Waals surface area contributed by atoms with Crippen LogP contribution in [-0.4, -0.2) is 37.0 Å². The van der Waals surface area contributed by atoms with Gasteiger partial charge in [0.2, 0.25) is 0 Å². The van der Waals surface area contributed by atoms with Crippen molar-refractivity contribution >= 4 is 34.7 Å². The van der Waals surface area contributed by atoms with E-state index in [1.807, 2.05) is 48.5 Å². The number of benzene rings is 3. The van der Waals surface area contributed by atoms with Crippen molar-refractivity contribution in [3.63, 3.8) is 0 Å². The molecule has 0 saturated heterocycles. The highest BCUT2D eigenvalue weighted by Crippen LogP contribution is 2.42. The molecule has 0 fully saturated rings. The highest BCUT2D eigenvalue weighted by molar-refractivity contribution is 6.30. The molecule has 0 bridgehead atoms. The van der Waals surface area contributed by atoms with Gasteiger partial charge in [0.25, 0.3) is 5.91 Å². The van der Waals surface area contributed by atoms with Gasteiger partial charge in [0.1, 0.15) is 23.2 Å². The molecule has 0 saturated carbocycles. The molecule has 1 amide bonds. The van der Waals surface area contributed by atoms with E-state index in [2.05, 4.69) is 15.7 Å². The normalized spacial score (nSPS) is 14.2. The summed E-state index contributed by atoms with van der Waals surface area (Å²) in [5.41, 5.74) is 3.53. The highest BCUT2D eigenvalue weighted by Gasteiger charge is 2.30. The average molecular weight is 517 g/mol. The summed E-state index contributed by atoms with van der Waals surface area (Å²) in [6.07, 6.45) is 3.59. The van der Waals surface area contributed by atoms with E-state index in [-0.39, 0.29) is 11.9 Å². The number of hydrogen-bond acceptors (Lipinski definition) is 6. The molecule has 4 aromatic rings. The van der Waals surface area contributed by atoms with Crippen LogP contribution >= 0.6 is 11.6 Å². The second kappa shape index (κ2) is 10.3. The summed E-state index contributed by atoms with van der Waals surface area (Å²) in [6.45, 7) is 0. The molecule has 9 heteroatoms. The first-order chi connectivity index (χ1) is 18.0. The fraction of sp³-hybridized carbons (Fsp3) is 0.143. The fourth-order valence-corrected chi connectivity index (χ4v) is 4.44. The molecule has 188 valence electrons. The Morgan fingerprint density at radius 3 is 2.51 bits per heavy atom. The van der Waals surface area contributed by atoms with Crippen LogP contribution in [0.1, 0.15) is 27.5 Å². The number of carbonyl (C=O) groups excluding carboxylic acids is 1. The maximum absolute atomic E-state index is 13.3. The van der Waals surface area contributed by atoms with E-state index in [0.29, 0.717) is 33.6 Å². The molecule has 8 nitrogen and oxygen atoms in total. The van der Waals surface area contributed by atoms with E-state index >= 15 is 0 Å². The number of anilines is 2. The molecule has 37 heavy (non-hydrogen) atoms. The van der Waals surface area contributed by atoms with Crippen LogP contribution in [0.3, 0.4) is 0 Å². The molecule has 2 heterocycles. The molecule has 1 atom stereocenters. The summed E-state index contributed by atoms with van der Waals surface area (Å²) >= 11 is 5.99. The Morgan fingerprint density at radius 1 is 1.00 bits per heavy atom. The van der Waals surface area contributed by atoms with Crippen LogP contribution in [-0.2, 0) is 0 Å². The topological polar surface area (TPSA) is 86.6 Å². The molecule has 2 N–H and O–H groups in total. The number of rotatable bonds is 7. The maximum Gasteiger partial charge on any atom is 0.261 e.